The summed E-state index contributed by atoms with van der Waals surface area (Å²) in [6.45, 7) is 5.38. The number of hydrogen-bond donors (Lipinski definition) is 1. The third-order valence-electron chi connectivity index (χ3n) is 4.86. The topological polar surface area (TPSA) is 35.6 Å². The molecule has 0 atom stereocenters. The van der Waals surface area contributed by atoms with E-state index in [-0.39, 0.29) is 5.91 Å². The minimum absolute atomic E-state index is 0.0630. The number of carbonyl (C=O) groups excluding carboxylic acids is 1. The summed E-state index contributed by atoms with van der Waals surface area (Å²) in [4.78, 5) is 18.6. The van der Waals surface area contributed by atoms with E-state index in [0.29, 0.717) is 6.54 Å². The number of thiophene rings is 1. The Morgan fingerprint density at radius 1 is 0.923 bits per heavy atom. The lowest BCUT2D eigenvalue weighted by Gasteiger charge is -2.34. The first-order valence-electron chi connectivity index (χ1n) is 9.03. The Hall–Kier alpha value is -2.21. The van der Waals surface area contributed by atoms with Crippen LogP contribution in [0.1, 0.15) is 4.88 Å². The molecule has 1 saturated heterocycles. The number of carbonyl (C=O) groups is 1. The number of benzene rings is 2. The van der Waals surface area contributed by atoms with E-state index < -0.39 is 0 Å². The summed E-state index contributed by atoms with van der Waals surface area (Å²) < 4.78 is 0. The molecule has 1 amide bonds. The molecule has 1 aliphatic heterocycles. The van der Waals surface area contributed by atoms with Gasteiger partial charge >= 0.3 is 0 Å². The van der Waals surface area contributed by atoms with Crippen LogP contribution in [0.25, 0.3) is 10.8 Å². The Morgan fingerprint density at radius 3 is 2.50 bits per heavy atom. The highest BCUT2D eigenvalue weighted by molar-refractivity contribution is 7.09. The Bertz CT molecular complexity index is 865. The number of nitrogens with one attached hydrogen (secondary N) is 1. The molecule has 1 N–H and O–H groups in total. The van der Waals surface area contributed by atoms with Crippen LogP contribution in [0.4, 0.5) is 5.69 Å². The van der Waals surface area contributed by atoms with E-state index in [2.05, 4.69) is 44.8 Å². The number of hydrogen-bond acceptors (Lipinski definition) is 4. The summed E-state index contributed by atoms with van der Waals surface area (Å²) in [6, 6.07) is 18.5. The molecule has 3 aromatic rings. The van der Waals surface area contributed by atoms with Crippen LogP contribution in [0.15, 0.2) is 60.0 Å². The molecule has 5 heteroatoms. The van der Waals surface area contributed by atoms with Gasteiger partial charge in [0.25, 0.3) is 0 Å². The average Bonchev–Trinajstić information content (AvgIpc) is 3.17. The Morgan fingerprint density at radius 2 is 1.69 bits per heavy atom. The van der Waals surface area contributed by atoms with E-state index in [1.807, 2.05) is 41.7 Å². The van der Waals surface area contributed by atoms with Gasteiger partial charge in [0.2, 0.25) is 5.91 Å². The first-order chi connectivity index (χ1) is 12.8. The van der Waals surface area contributed by atoms with Gasteiger partial charge in [-0.05, 0) is 22.9 Å². The summed E-state index contributed by atoms with van der Waals surface area (Å²) in [5, 5.41) is 7.45. The molecule has 0 bridgehead atoms. The van der Waals surface area contributed by atoms with E-state index in [0.717, 1.165) is 49.2 Å². The molecule has 26 heavy (non-hydrogen) atoms. The summed E-state index contributed by atoms with van der Waals surface area (Å²) in [7, 11) is 0. The van der Waals surface area contributed by atoms with Crippen LogP contribution in [-0.2, 0) is 11.3 Å². The van der Waals surface area contributed by atoms with Crippen LogP contribution in [0, 0.1) is 0 Å². The van der Waals surface area contributed by atoms with Crippen LogP contribution < -0.4 is 5.32 Å². The van der Waals surface area contributed by atoms with Gasteiger partial charge in [-0.2, -0.15) is 0 Å². The number of nitrogens with zero attached hydrogens (tertiary/aromatic N) is 2. The molecule has 1 aliphatic rings. The molecule has 0 aliphatic carbocycles. The van der Waals surface area contributed by atoms with Crippen molar-refractivity contribution in [1.29, 1.82) is 0 Å². The van der Waals surface area contributed by atoms with Crippen molar-refractivity contribution in [3.8, 4) is 0 Å². The summed E-state index contributed by atoms with van der Waals surface area (Å²) in [5.41, 5.74) is 0.893. The molecule has 2 heterocycles. The largest absolute Gasteiger partial charge is 0.324 e. The first-order valence-corrected chi connectivity index (χ1v) is 9.90. The zero-order chi connectivity index (χ0) is 17.8. The highest BCUT2D eigenvalue weighted by atomic mass is 32.1. The molecule has 1 fully saturated rings. The predicted molar refractivity (Wildman–Crippen MR) is 109 cm³/mol. The van der Waals surface area contributed by atoms with Crippen molar-refractivity contribution in [2.45, 2.75) is 6.54 Å². The molecule has 4 nitrogen and oxygen atoms in total. The maximum Gasteiger partial charge on any atom is 0.238 e. The number of amides is 1. The molecule has 4 rings (SSSR count). The first kappa shape index (κ1) is 17.2. The molecule has 0 saturated carbocycles. The molecule has 0 radical (unpaired) electrons. The SMILES string of the molecule is O=C(CN1CCN(Cc2cccs2)CC1)Nc1cccc2ccccc12. The molecule has 134 valence electrons. The lowest BCUT2D eigenvalue weighted by atomic mass is 10.1. The zero-order valence-corrected chi connectivity index (χ0v) is 15.5. The highest BCUT2D eigenvalue weighted by Gasteiger charge is 2.19. The zero-order valence-electron chi connectivity index (χ0n) is 14.7. The third kappa shape index (κ3) is 4.12. The highest BCUT2D eigenvalue weighted by Crippen LogP contribution is 2.23. The van der Waals surface area contributed by atoms with Gasteiger partial charge in [-0.25, -0.2) is 0 Å². The molecule has 2 aromatic carbocycles. The van der Waals surface area contributed by atoms with Crippen molar-refractivity contribution < 1.29 is 4.79 Å². The van der Waals surface area contributed by atoms with Gasteiger partial charge in [-0.1, -0.05) is 42.5 Å². The summed E-state index contributed by atoms with van der Waals surface area (Å²) in [5.74, 6) is 0.0630. The fraction of sp³-hybridized carbons (Fsp3) is 0.286. The van der Waals surface area contributed by atoms with Gasteiger partial charge in [0.05, 0.1) is 6.54 Å². The van der Waals surface area contributed by atoms with Crippen LogP contribution in [0.3, 0.4) is 0 Å². The van der Waals surface area contributed by atoms with Crippen molar-refractivity contribution in [3.63, 3.8) is 0 Å². The van der Waals surface area contributed by atoms with Gasteiger partial charge in [-0.3, -0.25) is 14.6 Å². The van der Waals surface area contributed by atoms with Crippen LogP contribution in [0.2, 0.25) is 0 Å². The molecular weight excluding hydrogens is 342 g/mol. The summed E-state index contributed by atoms with van der Waals surface area (Å²) in [6.07, 6.45) is 0. The van der Waals surface area contributed by atoms with Crippen molar-refractivity contribution in [3.05, 3.63) is 64.9 Å². The van der Waals surface area contributed by atoms with E-state index in [1.165, 1.54) is 4.88 Å². The second-order valence-corrected chi connectivity index (χ2v) is 7.74. The Kier molecular flexibility index (Phi) is 5.29. The third-order valence-corrected chi connectivity index (χ3v) is 5.72. The van der Waals surface area contributed by atoms with Crippen molar-refractivity contribution in [2.75, 3.05) is 38.0 Å². The minimum atomic E-state index is 0.0630. The van der Waals surface area contributed by atoms with Crippen molar-refractivity contribution in [2.24, 2.45) is 0 Å². The lowest BCUT2D eigenvalue weighted by molar-refractivity contribution is -0.117. The molecule has 1 aromatic heterocycles. The van der Waals surface area contributed by atoms with E-state index in [4.69, 9.17) is 0 Å². The fourth-order valence-corrected chi connectivity index (χ4v) is 4.20. The predicted octanol–water partition coefficient (Wildman–Crippen LogP) is 3.66. The minimum Gasteiger partial charge on any atom is -0.324 e. The number of piperazine rings is 1. The maximum atomic E-state index is 12.5. The normalized spacial score (nSPS) is 16.0. The van der Waals surface area contributed by atoms with E-state index >= 15 is 0 Å². The molecule has 0 spiro atoms. The van der Waals surface area contributed by atoms with Crippen molar-refractivity contribution in [1.82, 2.24) is 9.80 Å². The second kappa shape index (κ2) is 7.99. The monoisotopic (exact) mass is 365 g/mol. The Balaban J connectivity index is 1.30. The smallest absolute Gasteiger partial charge is 0.238 e. The van der Waals surface area contributed by atoms with E-state index in [9.17, 15) is 4.79 Å². The second-order valence-electron chi connectivity index (χ2n) is 6.71. The lowest BCUT2D eigenvalue weighted by Crippen LogP contribution is -2.48. The number of anilines is 1. The number of fused-ring (bicyclic) bond motifs is 1. The van der Waals surface area contributed by atoms with Gasteiger partial charge in [0.1, 0.15) is 0 Å². The van der Waals surface area contributed by atoms with Gasteiger partial charge < -0.3 is 5.32 Å². The molecule has 0 unspecified atom stereocenters. The van der Waals surface area contributed by atoms with Crippen molar-refractivity contribution >= 4 is 33.7 Å². The van der Waals surface area contributed by atoms with Gasteiger partial charge in [0.15, 0.2) is 0 Å². The van der Waals surface area contributed by atoms with E-state index in [1.54, 1.807) is 0 Å². The summed E-state index contributed by atoms with van der Waals surface area (Å²) >= 11 is 1.81. The standard InChI is InChI=1S/C21H23N3OS/c25-21(22-20-9-3-6-17-5-1-2-8-19(17)20)16-24-12-10-23(11-13-24)15-18-7-4-14-26-18/h1-9,14H,10-13,15-16H2,(H,22,25). The van der Waals surface area contributed by atoms with Crippen LogP contribution in [-0.4, -0.2) is 48.4 Å². The van der Waals surface area contributed by atoms with Gasteiger partial charge in [0, 0.05) is 48.7 Å². The quantitative estimate of drug-likeness (QED) is 0.750. The van der Waals surface area contributed by atoms with Crippen LogP contribution >= 0.6 is 11.3 Å². The van der Waals surface area contributed by atoms with Crippen LogP contribution in [0.5, 0.6) is 0 Å². The fourth-order valence-electron chi connectivity index (χ4n) is 3.46. The molecular formula is C21H23N3OS. The Labute approximate surface area is 158 Å². The number of rotatable bonds is 5. The maximum absolute atomic E-state index is 12.5. The van der Waals surface area contributed by atoms with Gasteiger partial charge in [-0.15, -0.1) is 11.3 Å². The average molecular weight is 366 g/mol.